The number of halogens is 3. The normalized spacial score (nSPS) is 12.3. The lowest BCUT2D eigenvalue weighted by Crippen LogP contribution is -2.42. The largest absolute Gasteiger partial charge is 0.489 e. The highest BCUT2D eigenvalue weighted by Crippen LogP contribution is 2.34. The summed E-state index contributed by atoms with van der Waals surface area (Å²) in [6.45, 7) is 13.1. The Labute approximate surface area is 170 Å². The van der Waals surface area contributed by atoms with Crippen molar-refractivity contribution in [1.29, 1.82) is 0 Å². The molecule has 0 aliphatic rings. The molecule has 150 valence electrons. The standard InChI is InChI=1S/C17H31N3O2.3ClH/c1-16(2,3)11-7-13(18)15(19)14(8-11)22-10-12(21)9-20-17(4,5)6;;;/h7-8,12,20-21H,9-10,18-19H2,1-6H3;3*1H. The highest BCUT2D eigenvalue weighted by molar-refractivity contribution is 5.86. The lowest BCUT2D eigenvalue weighted by molar-refractivity contribution is 0.100. The predicted octanol–water partition coefficient (Wildman–Crippen LogP) is 3.54. The third-order valence-electron chi connectivity index (χ3n) is 3.34. The molecular formula is C17H34Cl3N3O2. The quantitative estimate of drug-likeness (QED) is 0.549. The van der Waals surface area contributed by atoms with E-state index in [4.69, 9.17) is 16.2 Å². The summed E-state index contributed by atoms with van der Waals surface area (Å²) in [6.07, 6.45) is -0.613. The first-order chi connectivity index (χ1) is 9.90. The van der Waals surface area contributed by atoms with Crippen molar-refractivity contribution in [3.8, 4) is 5.75 Å². The molecule has 1 aromatic carbocycles. The van der Waals surface area contributed by atoms with Crippen LogP contribution in [0, 0.1) is 0 Å². The number of ether oxygens (including phenoxy) is 1. The van der Waals surface area contributed by atoms with Gasteiger partial charge in [-0.25, -0.2) is 0 Å². The average Bonchev–Trinajstić information content (AvgIpc) is 2.35. The van der Waals surface area contributed by atoms with Crippen LogP contribution in [0.2, 0.25) is 0 Å². The summed E-state index contributed by atoms with van der Waals surface area (Å²) in [6, 6.07) is 3.77. The Kier molecular flexibility index (Phi) is 13.1. The number of hydrogen-bond donors (Lipinski definition) is 4. The van der Waals surface area contributed by atoms with E-state index in [1.54, 1.807) is 0 Å². The van der Waals surface area contributed by atoms with Crippen LogP contribution in [0.25, 0.3) is 0 Å². The molecule has 0 aliphatic carbocycles. The molecule has 1 atom stereocenters. The first kappa shape index (κ1) is 29.2. The number of nitrogens with one attached hydrogen (secondary N) is 1. The highest BCUT2D eigenvalue weighted by atomic mass is 35.5. The molecule has 0 amide bonds. The van der Waals surface area contributed by atoms with Gasteiger partial charge in [0.15, 0.2) is 0 Å². The zero-order valence-electron chi connectivity index (χ0n) is 15.9. The van der Waals surface area contributed by atoms with Crippen LogP contribution in [0.4, 0.5) is 11.4 Å². The van der Waals surface area contributed by atoms with E-state index in [0.29, 0.717) is 23.7 Å². The zero-order valence-corrected chi connectivity index (χ0v) is 18.3. The Morgan fingerprint density at radius 1 is 1.04 bits per heavy atom. The molecule has 0 heterocycles. The molecule has 0 saturated carbocycles. The number of nitrogen functional groups attached to an aromatic ring is 2. The van der Waals surface area contributed by atoms with Gasteiger partial charge in [0, 0.05) is 12.1 Å². The van der Waals surface area contributed by atoms with Crippen LogP contribution in [0.3, 0.4) is 0 Å². The summed E-state index contributed by atoms with van der Waals surface area (Å²) in [5.74, 6) is 0.528. The molecule has 0 bridgehead atoms. The van der Waals surface area contributed by atoms with Crippen LogP contribution in [0.5, 0.6) is 5.75 Å². The fourth-order valence-corrected chi connectivity index (χ4v) is 1.87. The number of aliphatic hydroxyl groups is 1. The number of β-amino-alcohol motifs (C(OH)–C–C–N with tert-alkyl or cyclic N) is 1. The average molecular weight is 419 g/mol. The maximum absolute atomic E-state index is 10.0. The van der Waals surface area contributed by atoms with Crippen molar-refractivity contribution in [2.24, 2.45) is 0 Å². The Hall–Kier alpha value is -0.590. The summed E-state index contributed by atoms with van der Waals surface area (Å²) < 4.78 is 5.69. The first-order valence-electron chi connectivity index (χ1n) is 7.65. The lowest BCUT2D eigenvalue weighted by atomic mass is 9.86. The van der Waals surface area contributed by atoms with E-state index in [2.05, 4.69) is 26.1 Å². The molecule has 1 rings (SSSR count). The number of benzene rings is 1. The molecule has 0 spiro atoms. The van der Waals surface area contributed by atoms with Crippen molar-refractivity contribution in [3.63, 3.8) is 0 Å². The number of rotatable bonds is 5. The third kappa shape index (κ3) is 10.2. The van der Waals surface area contributed by atoms with Crippen molar-refractivity contribution < 1.29 is 9.84 Å². The van der Waals surface area contributed by atoms with Crippen molar-refractivity contribution in [2.45, 2.75) is 58.6 Å². The summed E-state index contributed by atoms with van der Waals surface area (Å²) in [5, 5.41) is 13.2. The molecule has 5 nitrogen and oxygen atoms in total. The van der Waals surface area contributed by atoms with Crippen LogP contribution in [0.15, 0.2) is 12.1 Å². The van der Waals surface area contributed by atoms with Gasteiger partial charge < -0.3 is 26.6 Å². The molecule has 1 unspecified atom stereocenters. The summed E-state index contributed by atoms with van der Waals surface area (Å²) in [4.78, 5) is 0. The van der Waals surface area contributed by atoms with E-state index in [9.17, 15) is 5.11 Å². The summed E-state index contributed by atoms with van der Waals surface area (Å²) in [5.41, 5.74) is 13.8. The maximum Gasteiger partial charge on any atom is 0.144 e. The van der Waals surface area contributed by atoms with Gasteiger partial charge in [0.2, 0.25) is 0 Å². The number of hydrogen-bond acceptors (Lipinski definition) is 5. The van der Waals surface area contributed by atoms with Gasteiger partial charge in [-0.05, 0) is 43.9 Å². The monoisotopic (exact) mass is 417 g/mol. The second kappa shape index (κ2) is 11.2. The molecule has 0 saturated heterocycles. The van der Waals surface area contributed by atoms with E-state index in [-0.39, 0.29) is 54.8 Å². The van der Waals surface area contributed by atoms with E-state index in [1.165, 1.54) is 0 Å². The van der Waals surface area contributed by atoms with Gasteiger partial charge >= 0.3 is 0 Å². The molecule has 0 fully saturated rings. The molecular weight excluding hydrogens is 385 g/mol. The minimum absolute atomic E-state index is 0. The number of nitrogens with two attached hydrogens (primary N) is 2. The van der Waals surface area contributed by atoms with Crippen molar-refractivity contribution in [2.75, 3.05) is 24.6 Å². The Bertz CT molecular complexity index is 515. The molecule has 0 aromatic heterocycles. The van der Waals surface area contributed by atoms with Crippen LogP contribution in [-0.4, -0.2) is 29.9 Å². The zero-order chi connectivity index (χ0) is 17.1. The summed E-state index contributed by atoms with van der Waals surface area (Å²) in [7, 11) is 0. The fourth-order valence-electron chi connectivity index (χ4n) is 1.87. The topological polar surface area (TPSA) is 93.5 Å². The predicted molar refractivity (Wildman–Crippen MR) is 115 cm³/mol. The van der Waals surface area contributed by atoms with E-state index >= 15 is 0 Å². The van der Waals surface area contributed by atoms with Crippen LogP contribution < -0.4 is 21.5 Å². The molecule has 8 heteroatoms. The number of aliphatic hydroxyl groups excluding tert-OH is 1. The van der Waals surface area contributed by atoms with Gasteiger partial charge in [-0.3, -0.25) is 0 Å². The molecule has 25 heavy (non-hydrogen) atoms. The maximum atomic E-state index is 10.0. The molecule has 1 aromatic rings. The minimum Gasteiger partial charge on any atom is -0.489 e. The smallest absolute Gasteiger partial charge is 0.144 e. The van der Waals surface area contributed by atoms with E-state index < -0.39 is 6.10 Å². The Morgan fingerprint density at radius 3 is 2.00 bits per heavy atom. The SMILES string of the molecule is CC(C)(C)NCC(O)COc1cc(C(C)(C)C)cc(N)c1N.Cl.Cl.Cl. The second-order valence-corrected chi connectivity index (χ2v) is 7.82. The second-order valence-electron chi connectivity index (χ2n) is 7.82. The highest BCUT2D eigenvalue weighted by Gasteiger charge is 2.19. The van der Waals surface area contributed by atoms with Crippen molar-refractivity contribution in [3.05, 3.63) is 17.7 Å². The lowest BCUT2D eigenvalue weighted by Gasteiger charge is -2.24. The first-order valence-corrected chi connectivity index (χ1v) is 7.65. The van der Waals surface area contributed by atoms with Gasteiger partial charge in [-0.15, -0.1) is 37.2 Å². The van der Waals surface area contributed by atoms with Gasteiger partial charge in [0.25, 0.3) is 0 Å². The van der Waals surface area contributed by atoms with Crippen molar-refractivity contribution in [1.82, 2.24) is 5.32 Å². The van der Waals surface area contributed by atoms with Gasteiger partial charge in [0.05, 0.1) is 11.4 Å². The van der Waals surface area contributed by atoms with Crippen LogP contribution >= 0.6 is 37.2 Å². The van der Waals surface area contributed by atoms with Crippen LogP contribution in [0.1, 0.15) is 47.1 Å². The molecule has 0 aliphatic heterocycles. The third-order valence-corrected chi connectivity index (χ3v) is 3.34. The van der Waals surface area contributed by atoms with Gasteiger partial charge in [-0.1, -0.05) is 20.8 Å². The van der Waals surface area contributed by atoms with E-state index in [1.807, 2.05) is 32.9 Å². The van der Waals surface area contributed by atoms with Gasteiger partial charge in [0.1, 0.15) is 18.5 Å². The van der Waals surface area contributed by atoms with Crippen LogP contribution in [-0.2, 0) is 5.41 Å². The Balaban J connectivity index is -0.00000161. The van der Waals surface area contributed by atoms with E-state index in [0.717, 1.165) is 5.56 Å². The number of anilines is 2. The van der Waals surface area contributed by atoms with Crippen molar-refractivity contribution >= 4 is 48.6 Å². The molecule has 6 N–H and O–H groups in total. The molecule has 0 radical (unpaired) electrons. The Morgan fingerprint density at radius 2 is 1.56 bits per heavy atom. The van der Waals surface area contributed by atoms with Gasteiger partial charge in [-0.2, -0.15) is 0 Å². The fraction of sp³-hybridized carbons (Fsp3) is 0.647. The minimum atomic E-state index is -0.613. The summed E-state index contributed by atoms with van der Waals surface area (Å²) >= 11 is 0.